The van der Waals surface area contributed by atoms with Crippen molar-refractivity contribution in [1.29, 1.82) is 0 Å². The molecule has 1 aromatic rings. The van der Waals surface area contributed by atoms with Gasteiger partial charge >= 0.3 is 0 Å². The van der Waals surface area contributed by atoms with Gasteiger partial charge < -0.3 is 24.3 Å². The molecule has 0 bridgehead atoms. The third-order valence-corrected chi connectivity index (χ3v) is 3.02. The summed E-state index contributed by atoms with van der Waals surface area (Å²) in [6.45, 7) is 5.91. The number of hydrogen-bond donors (Lipinski definition) is 1. The molecule has 114 valence electrons. The van der Waals surface area contributed by atoms with Crippen LogP contribution < -0.4 is 24.3 Å². The second-order valence-electron chi connectivity index (χ2n) is 4.32. The van der Waals surface area contributed by atoms with E-state index in [1.807, 2.05) is 12.1 Å². The van der Waals surface area contributed by atoms with Gasteiger partial charge in [0.05, 0.1) is 21.3 Å². The molecule has 1 atom stereocenters. The van der Waals surface area contributed by atoms with Crippen molar-refractivity contribution in [3.63, 3.8) is 0 Å². The Balaban J connectivity index is 2.94. The maximum atomic E-state index is 5.97. The molecule has 0 amide bonds. The summed E-state index contributed by atoms with van der Waals surface area (Å²) in [6, 6.07) is 3.63. The van der Waals surface area contributed by atoms with E-state index in [1.54, 1.807) is 21.3 Å². The molecule has 0 fully saturated rings. The highest BCUT2D eigenvalue weighted by Gasteiger charge is 2.16. The molecule has 1 rings (SSSR count). The number of rotatable bonds is 9. The fourth-order valence-electron chi connectivity index (χ4n) is 1.89. The van der Waals surface area contributed by atoms with Crippen molar-refractivity contribution in [1.82, 2.24) is 5.32 Å². The molecule has 5 nitrogen and oxygen atoms in total. The SMILES string of the molecule is CCNCC(CC)Oc1cc(OC)c(OC)c(OC)c1. The predicted molar refractivity (Wildman–Crippen MR) is 79.3 cm³/mol. The maximum Gasteiger partial charge on any atom is 0.203 e. The summed E-state index contributed by atoms with van der Waals surface area (Å²) in [5.74, 6) is 2.48. The van der Waals surface area contributed by atoms with Gasteiger partial charge in [-0.3, -0.25) is 0 Å². The van der Waals surface area contributed by atoms with E-state index in [1.165, 1.54) is 0 Å². The molecule has 1 unspecified atom stereocenters. The predicted octanol–water partition coefficient (Wildman–Crippen LogP) is 2.48. The van der Waals surface area contributed by atoms with Crippen LogP contribution in [0.2, 0.25) is 0 Å². The van der Waals surface area contributed by atoms with Crippen molar-refractivity contribution in [2.45, 2.75) is 26.4 Å². The van der Waals surface area contributed by atoms with Gasteiger partial charge in [0.25, 0.3) is 0 Å². The molecule has 0 aliphatic rings. The van der Waals surface area contributed by atoms with E-state index in [0.29, 0.717) is 23.0 Å². The van der Waals surface area contributed by atoms with Crippen LogP contribution in [0.15, 0.2) is 12.1 Å². The number of hydrogen-bond acceptors (Lipinski definition) is 5. The highest BCUT2D eigenvalue weighted by molar-refractivity contribution is 5.55. The monoisotopic (exact) mass is 283 g/mol. The van der Waals surface area contributed by atoms with E-state index < -0.39 is 0 Å². The first-order chi connectivity index (χ1) is 9.69. The van der Waals surface area contributed by atoms with Crippen LogP contribution in [-0.2, 0) is 0 Å². The zero-order valence-electron chi connectivity index (χ0n) is 13.0. The molecule has 0 spiro atoms. The number of likely N-dealkylation sites (N-methyl/N-ethyl adjacent to an activating group) is 1. The van der Waals surface area contributed by atoms with Gasteiger partial charge in [-0.1, -0.05) is 13.8 Å². The molecule has 0 radical (unpaired) electrons. The second kappa shape index (κ2) is 8.53. The van der Waals surface area contributed by atoms with E-state index in [2.05, 4.69) is 19.2 Å². The lowest BCUT2D eigenvalue weighted by atomic mass is 10.2. The van der Waals surface area contributed by atoms with Crippen LogP contribution in [0.3, 0.4) is 0 Å². The first kappa shape index (κ1) is 16.4. The zero-order chi connectivity index (χ0) is 15.0. The van der Waals surface area contributed by atoms with Crippen molar-refractivity contribution < 1.29 is 18.9 Å². The summed E-state index contributed by atoms with van der Waals surface area (Å²) in [4.78, 5) is 0. The molecule has 0 aromatic heterocycles. The molecular formula is C15H25NO4. The minimum absolute atomic E-state index is 0.109. The van der Waals surface area contributed by atoms with Crippen molar-refractivity contribution in [3.05, 3.63) is 12.1 Å². The van der Waals surface area contributed by atoms with E-state index in [4.69, 9.17) is 18.9 Å². The normalized spacial score (nSPS) is 11.8. The van der Waals surface area contributed by atoms with Crippen LogP contribution in [0.4, 0.5) is 0 Å². The van der Waals surface area contributed by atoms with Gasteiger partial charge in [0.15, 0.2) is 11.5 Å². The quantitative estimate of drug-likeness (QED) is 0.754. The molecule has 20 heavy (non-hydrogen) atoms. The largest absolute Gasteiger partial charge is 0.493 e. The number of nitrogens with one attached hydrogen (secondary N) is 1. The van der Waals surface area contributed by atoms with Crippen molar-refractivity contribution in [2.75, 3.05) is 34.4 Å². The Hall–Kier alpha value is -1.62. The van der Waals surface area contributed by atoms with Gasteiger partial charge in [-0.15, -0.1) is 0 Å². The van der Waals surface area contributed by atoms with Crippen molar-refractivity contribution in [2.24, 2.45) is 0 Å². The Morgan fingerprint density at radius 1 is 1.00 bits per heavy atom. The van der Waals surface area contributed by atoms with Crippen LogP contribution in [-0.4, -0.2) is 40.5 Å². The highest BCUT2D eigenvalue weighted by atomic mass is 16.5. The summed E-state index contributed by atoms with van der Waals surface area (Å²) in [7, 11) is 4.77. The van der Waals surface area contributed by atoms with Gasteiger partial charge in [0.2, 0.25) is 5.75 Å². The summed E-state index contributed by atoms with van der Waals surface area (Å²) in [5, 5.41) is 3.29. The van der Waals surface area contributed by atoms with Gasteiger partial charge in [0.1, 0.15) is 11.9 Å². The minimum atomic E-state index is 0.109. The lowest BCUT2D eigenvalue weighted by Gasteiger charge is -2.20. The standard InChI is InChI=1S/C15H25NO4/c1-6-11(10-16-7-2)20-12-8-13(17-3)15(19-5)14(9-12)18-4/h8-9,11,16H,6-7,10H2,1-5H3. The number of methoxy groups -OCH3 is 3. The van der Waals surface area contributed by atoms with Crippen LogP contribution in [0.5, 0.6) is 23.0 Å². The fraction of sp³-hybridized carbons (Fsp3) is 0.600. The average molecular weight is 283 g/mol. The van der Waals surface area contributed by atoms with Gasteiger partial charge in [0, 0.05) is 18.7 Å². The summed E-state index contributed by atoms with van der Waals surface area (Å²) in [5.41, 5.74) is 0. The molecule has 0 heterocycles. The third kappa shape index (κ3) is 4.20. The Morgan fingerprint density at radius 3 is 2.00 bits per heavy atom. The van der Waals surface area contributed by atoms with E-state index in [9.17, 15) is 0 Å². The summed E-state index contributed by atoms with van der Waals surface area (Å²) >= 11 is 0. The van der Waals surface area contributed by atoms with Gasteiger partial charge in [-0.25, -0.2) is 0 Å². The zero-order valence-corrected chi connectivity index (χ0v) is 13.0. The Morgan fingerprint density at radius 2 is 1.60 bits per heavy atom. The Bertz CT molecular complexity index is 384. The molecule has 0 aliphatic carbocycles. The summed E-state index contributed by atoms with van der Waals surface area (Å²) in [6.07, 6.45) is 1.03. The highest BCUT2D eigenvalue weighted by Crippen LogP contribution is 2.41. The lowest BCUT2D eigenvalue weighted by Crippen LogP contribution is -2.30. The van der Waals surface area contributed by atoms with Crippen LogP contribution >= 0.6 is 0 Å². The molecule has 0 saturated heterocycles. The van der Waals surface area contributed by atoms with Crippen LogP contribution in [0.1, 0.15) is 20.3 Å². The molecule has 0 saturated carbocycles. The molecule has 0 aliphatic heterocycles. The van der Waals surface area contributed by atoms with Gasteiger partial charge in [-0.2, -0.15) is 0 Å². The topological polar surface area (TPSA) is 49.0 Å². The first-order valence-electron chi connectivity index (χ1n) is 6.87. The van der Waals surface area contributed by atoms with Crippen molar-refractivity contribution >= 4 is 0 Å². The molecule has 5 heteroatoms. The van der Waals surface area contributed by atoms with E-state index in [0.717, 1.165) is 19.5 Å². The Kier molecular flexibility index (Phi) is 7.01. The van der Waals surface area contributed by atoms with Crippen molar-refractivity contribution in [3.8, 4) is 23.0 Å². The average Bonchev–Trinajstić information content (AvgIpc) is 2.50. The molecule has 1 N–H and O–H groups in total. The maximum absolute atomic E-state index is 5.97. The minimum Gasteiger partial charge on any atom is -0.493 e. The van der Waals surface area contributed by atoms with Gasteiger partial charge in [-0.05, 0) is 13.0 Å². The summed E-state index contributed by atoms with van der Waals surface area (Å²) < 4.78 is 21.9. The van der Waals surface area contributed by atoms with E-state index in [-0.39, 0.29) is 6.10 Å². The first-order valence-corrected chi connectivity index (χ1v) is 6.87. The smallest absolute Gasteiger partial charge is 0.203 e. The molecule has 1 aromatic carbocycles. The van der Waals surface area contributed by atoms with Crippen LogP contribution in [0.25, 0.3) is 0 Å². The lowest BCUT2D eigenvalue weighted by molar-refractivity contribution is 0.192. The second-order valence-corrected chi connectivity index (χ2v) is 4.32. The fourth-order valence-corrected chi connectivity index (χ4v) is 1.89. The van der Waals surface area contributed by atoms with Crippen LogP contribution in [0, 0.1) is 0 Å². The number of ether oxygens (including phenoxy) is 4. The third-order valence-electron chi connectivity index (χ3n) is 3.02. The molecular weight excluding hydrogens is 258 g/mol. The Labute approximate surface area is 121 Å². The number of benzene rings is 1. The van der Waals surface area contributed by atoms with E-state index >= 15 is 0 Å².